The second-order valence-corrected chi connectivity index (χ2v) is 8.85. The molecule has 3 heterocycles. The fourth-order valence-electron chi connectivity index (χ4n) is 4.15. The fraction of sp³-hybridized carbons (Fsp3) is 0.214. The number of aromatic nitrogens is 2. The Balaban J connectivity index is 1.29. The lowest BCUT2D eigenvalue weighted by Gasteiger charge is -2.29. The monoisotopic (exact) mass is 515 g/mol. The Kier molecular flexibility index (Phi) is 7.41. The van der Waals surface area contributed by atoms with Gasteiger partial charge in [0.05, 0.1) is 25.1 Å². The average molecular weight is 516 g/mol. The Morgan fingerprint density at radius 2 is 1.82 bits per heavy atom. The van der Waals surface area contributed by atoms with E-state index >= 15 is 0 Å². The average Bonchev–Trinajstić information content (AvgIpc) is 3.44. The van der Waals surface area contributed by atoms with Crippen LogP contribution in [0.3, 0.4) is 0 Å². The molecule has 5 rings (SSSR count). The Bertz CT molecular complexity index is 1450. The number of nitrogens with zero attached hydrogens (tertiary/aromatic N) is 3. The molecule has 0 unspecified atom stereocenters. The summed E-state index contributed by atoms with van der Waals surface area (Å²) < 4.78 is 25.0. The van der Waals surface area contributed by atoms with Crippen LogP contribution in [0.15, 0.2) is 71.4 Å². The molecule has 4 aromatic rings. The van der Waals surface area contributed by atoms with E-state index < -0.39 is 17.6 Å². The van der Waals surface area contributed by atoms with Gasteiger partial charge in [0.25, 0.3) is 11.8 Å². The zero-order valence-corrected chi connectivity index (χ0v) is 20.7. The summed E-state index contributed by atoms with van der Waals surface area (Å²) in [7, 11) is 0. The zero-order valence-electron chi connectivity index (χ0n) is 20.7. The minimum absolute atomic E-state index is 0.0557. The van der Waals surface area contributed by atoms with Crippen molar-refractivity contribution in [3.63, 3.8) is 0 Å². The number of benzene rings is 2. The summed E-state index contributed by atoms with van der Waals surface area (Å²) in [5.41, 5.74) is 3.78. The largest absolute Gasteiger partial charge is 0.378 e. The van der Waals surface area contributed by atoms with Gasteiger partial charge in [-0.25, -0.2) is 4.39 Å². The first-order valence-corrected chi connectivity index (χ1v) is 12.2. The molecule has 10 heteroatoms. The van der Waals surface area contributed by atoms with Crippen molar-refractivity contribution in [1.82, 2.24) is 15.5 Å². The normalized spacial score (nSPS) is 13.3. The Morgan fingerprint density at radius 1 is 1.03 bits per heavy atom. The molecule has 2 aromatic heterocycles. The van der Waals surface area contributed by atoms with Crippen molar-refractivity contribution >= 4 is 23.2 Å². The number of aryl methyl sites for hydroxylation is 1. The van der Waals surface area contributed by atoms with Crippen LogP contribution in [-0.2, 0) is 11.3 Å². The summed E-state index contributed by atoms with van der Waals surface area (Å²) >= 11 is 0. The molecule has 2 N–H and O–H groups in total. The minimum Gasteiger partial charge on any atom is -0.378 e. The van der Waals surface area contributed by atoms with Crippen LogP contribution in [0.1, 0.15) is 32.2 Å². The van der Waals surface area contributed by atoms with E-state index in [9.17, 15) is 14.0 Å². The lowest BCUT2D eigenvalue weighted by molar-refractivity contribution is 0.0913. The number of anilines is 2. The van der Waals surface area contributed by atoms with Gasteiger partial charge in [-0.15, -0.1) is 0 Å². The molecule has 2 aromatic carbocycles. The van der Waals surface area contributed by atoms with Gasteiger partial charge in [-0.1, -0.05) is 35.5 Å². The molecule has 9 nitrogen and oxygen atoms in total. The molecule has 0 atom stereocenters. The van der Waals surface area contributed by atoms with Crippen molar-refractivity contribution in [1.29, 1.82) is 0 Å². The van der Waals surface area contributed by atoms with Gasteiger partial charge in [-0.3, -0.25) is 14.6 Å². The number of carbonyl (C=O) groups is 2. The third-order valence-corrected chi connectivity index (χ3v) is 6.17. The van der Waals surface area contributed by atoms with E-state index in [0.29, 0.717) is 61.2 Å². The maximum atomic E-state index is 14.3. The van der Waals surface area contributed by atoms with Crippen molar-refractivity contribution in [3.8, 4) is 11.3 Å². The topological polar surface area (TPSA) is 110 Å². The first kappa shape index (κ1) is 25.1. The molecule has 0 bridgehead atoms. The summed E-state index contributed by atoms with van der Waals surface area (Å²) in [6, 6.07) is 17.0. The number of nitrogens with one attached hydrogen (secondary N) is 2. The molecule has 0 aliphatic carbocycles. The molecular weight excluding hydrogens is 489 g/mol. The summed E-state index contributed by atoms with van der Waals surface area (Å²) in [6.45, 7) is 4.49. The second-order valence-electron chi connectivity index (χ2n) is 8.85. The van der Waals surface area contributed by atoms with Gasteiger partial charge in [-0.05, 0) is 36.8 Å². The molecule has 0 spiro atoms. The van der Waals surface area contributed by atoms with E-state index in [-0.39, 0.29) is 11.3 Å². The van der Waals surface area contributed by atoms with Crippen molar-refractivity contribution in [2.24, 2.45) is 0 Å². The predicted molar refractivity (Wildman–Crippen MR) is 139 cm³/mol. The van der Waals surface area contributed by atoms with Crippen LogP contribution in [0.25, 0.3) is 11.3 Å². The summed E-state index contributed by atoms with van der Waals surface area (Å²) in [5, 5.41) is 9.59. The zero-order chi connectivity index (χ0) is 26.5. The Labute approximate surface area is 218 Å². The first-order chi connectivity index (χ1) is 18.5. The van der Waals surface area contributed by atoms with Gasteiger partial charge < -0.3 is 24.8 Å². The Morgan fingerprint density at radius 3 is 2.61 bits per heavy atom. The number of ether oxygens (including phenoxy) is 1. The van der Waals surface area contributed by atoms with Crippen LogP contribution in [0, 0.1) is 12.7 Å². The maximum Gasteiger partial charge on any atom is 0.290 e. The molecule has 1 fully saturated rings. The van der Waals surface area contributed by atoms with Crippen molar-refractivity contribution in [3.05, 3.63) is 95.3 Å². The highest BCUT2D eigenvalue weighted by Crippen LogP contribution is 2.26. The van der Waals surface area contributed by atoms with E-state index in [1.807, 2.05) is 35.2 Å². The molecule has 1 aliphatic heterocycles. The molecular formula is C28H26FN5O4. The van der Waals surface area contributed by atoms with Crippen LogP contribution < -0.4 is 15.5 Å². The molecule has 1 aliphatic rings. The number of hydrogen-bond donors (Lipinski definition) is 2. The van der Waals surface area contributed by atoms with Gasteiger partial charge in [0.1, 0.15) is 11.5 Å². The van der Waals surface area contributed by atoms with Crippen LogP contribution in [0.2, 0.25) is 0 Å². The first-order valence-electron chi connectivity index (χ1n) is 12.2. The summed E-state index contributed by atoms with van der Waals surface area (Å²) in [6.07, 6.45) is 1.51. The molecule has 1 saturated heterocycles. The van der Waals surface area contributed by atoms with Crippen LogP contribution in [0.4, 0.5) is 15.8 Å². The molecule has 194 valence electrons. The highest BCUT2D eigenvalue weighted by atomic mass is 19.1. The molecule has 0 radical (unpaired) electrons. The molecule has 38 heavy (non-hydrogen) atoms. The lowest BCUT2D eigenvalue weighted by atomic mass is 10.1. The van der Waals surface area contributed by atoms with Gasteiger partial charge >= 0.3 is 0 Å². The number of rotatable bonds is 7. The third kappa shape index (κ3) is 5.87. The molecule has 0 saturated carbocycles. The van der Waals surface area contributed by atoms with Gasteiger partial charge in [0.15, 0.2) is 0 Å². The van der Waals surface area contributed by atoms with E-state index in [1.54, 1.807) is 19.1 Å². The van der Waals surface area contributed by atoms with Crippen molar-refractivity contribution in [2.75, 3.05) is 36.5 Å². The Hall–Kier alpha value is -4.57. The molecule has 2 amide bonds. The summed E-state index contributed by atoms with van der Waals surface area (Å²) in [5.74, 6) is -1.32. The number of carbonyl (C=O) groups excluding carboxylic acids is 2. The van der Waals surface area contributed by atoms with Gasteiger partial charge in [0, 0.05) is 48.2 Å². The predicted octanol–water partition coefficient (Wildman–Crippen LogP) is 4.20. The van der Waals surface area contributed by atoms with Gasteiger partial charge in [-0.2, -0.15) is 0 Å². The summed E-state index contributed by atoms with van der Waals surface area (Å²) in [4.78, 5) is 31.8. The van der Waals surface area contributed by atoms with E-state index in [2.05, 4.69) is 20.8 Å². The van der Waals surface area contributed by atoms with E-state index in [4.69, 9.17) is 9.26 Å². The third-order valence-electron chi connectivity index (χ3n) is 6.17. The fourth-order valence-corrected chi connectivity index (χ4v) is 4.15. The highest BCUT2D eigenvalue weighted by molar-refractivity contribution is 6.05. The maximum absolute atomic E-state index is 14.3. The lowest BCUT2D eigenvalue weighted by Crippen LogP contribution is -2.36. The second kappa shape index (κ2) is 11.2. The standard InChI is InChI=1S/C28H26FN5O4/c1-18-24(25-15-26(38-33-25)28(36)31-16-19-5-3-2-4-6-19)14-22(17-30-18)32-27(35)20-11-21(29)13-23(12-20)34-7-9-37-10-8-34/h2-6,11-15,17H,7-10,16H2,1H3,(H,31,36)(H,32,35). The minimum atomic E-state index is -0.498. The highest BCUT2D eigenvalue weighted by Gasteiger charge is 2.18. The quantitative estimate of drug-likeness (QED) is 0.380. The number of morpholine rings is 1. The van der Waals surface area contributed by atoms with Crippen molar-refractivity contribution in [2.45, 2.75) is 13.5 Å². The van der Waals surface area contributed by atoms with Crippen LogP contribution in [-0.4, -0.2) is 48.3 Å². The van der Waals surface area contributed by atoms with Crippen LogP contribution in [0.5, 0.6) is 0 Å². The van der Waals surface area contributed by atoms with Gasteiger partial charge in [0.2, 0.25) is 5.76 Å². The number of pyridine rings is 1. The van der Waals surface area contributed by atoms with E-state index in [0.717, 1.165) is 5.56 Å². The SMILES string of the molecule is Cc1ncc(NC(=O)c2cc(F)cc(N3CCOCC3)c2)cc1-c1cc(C(=O)NCc2ccccc2)on1. The number of hydrogen-bond acceptors (Lipinski definition) is 7. The smallest absolute Gasteiger partial charge is 0.290 e. The number of halogens is 1. The van der Waals surface area contributed by atoms with Crippen LogP contribution >= 0.6 is 0 Å². The number of amides is 2. The van der Waals surface area contributed by atoms with E-state index in [1.165, 1.54) is 24.4 Å². The van der Waals surface area contributed by atoms with Crippen molar-refractivity contribution < 1.29 is 23.2 Å².